The van der Waals surface area contributed by atoms with Gasteiger partial charge in [0.25, 0.3) is 0 Å². The second kappa shape index (κ2) is 7.85. The summed E-state index contributed by atoms with van der Waals surface area (Å²) < 4.78 is 0. The third-order valence-electron chi connectivity index (χ3n) is 4.40. The van der Waals surface area contributed by atoms with E-state index in [2.05, 4.69) is 34.7 Å². The first-order valence-corrected chi connectivity index (χ1v) is 8.44. The van der Waals surface area contributed by atoms with Crippen molar-refractivity contribution in [3.8, 4) is 0 Å². The number of H-pyrrole nitrogens is 1. The molecule has 2 amide bonds. The highest BCUT2D eigenvalue weighted by molar-refractivity contribution is 5.86. The van der Waals surface area contributed by atoms with Crippen LogP contribution in [-0.2, 0) is 19.6 Å². The van der Waals surface area contributed by atoms with Gasteiger partial charge in [0.1, 0.15) is 0 Å². The van der Waals surface area contributed by atoms with Crippen molar-refractivity contribution in [3.05, 3.63) is 70.9 Å². The van der Waals surface area contributed by atoms with Crippen molar-refractivity contribution in [2.75, 3.05) is 6.54 Å². The van der Waals surface area contributed by atoms with Crippen LogP contribution in [0, 0.1) is 6.92 Å². The molecule has 0 aliphatic heterocycles. The van der Waals surface area contributed by atoms with Crippen LogP contribution >= 0.6 is 0 Å². The molecule has 0 aliphatic carbocycles. The second-order valence-electron chi connectivity index (χ2n) is 6.10. The van der Waals surface area contributed by atoms with E-state index in [0.29, 0.717) is 13.1 Å². The van der Waals surface area contributed by atoms with E-state index in [0.717, 1.165) is 23.1 Å². The van der Waals surface area contributed by atoms with Gasteiger partial charge in [-0.15, -0.1) is 0 Å². The predicted octanol–water partition coefficient (Wildman–Crippen LogP) is 3.01. The molecule has 2 aromatic carbocycles. The van der Waals surface area contributed by atoms with Gasteiger partial charge in [-0.05, 0) is 41.7 Å². The fourth-order valence-corrected chi connectivity index (χ4v) is 3.08. The highest BCUT2D eigenvalue weighted by atomic mass is 16.3. The molecule has 4 N–H and O–H groups in total. The van der Waals surface area contributed by atoms with Crippen molar-refractivity contribution < 1.29 is 9.90 Å². The average Bonchev–Trinajstić information content (AvgIpc) is 3.05. The Hall–Kier alpha value is -2.79. The lowest BCUT2D eigenvalue weighted by molar-refractivity contribution is 0.240. The lowest BCUT2D eigenvalue weighted by Gasteiger charge is -2.10. The Kier molecular flexibility index (Phi) is 5.36. The number of aliphatic hydroxyl groups is 1. The molecule has 0 radical (unpaired) electrons. The van der Waals surface area contributed by atoms with E-state index < -0.39 is 0 Å². The van der Waals surface area contributed by atoms with E-state index in [1.165, 1.54) is 16.5 Å². The summed E-state index contributed by atoms with van der Waals surface area (Å²) in [6, 6.07) is 13.5. The van der Waals surface area contributed by atoms with Crippen LogP contribution in [0.3, 0.4) is 0 Å². The molecule has 0 atom stereocenters. The van der Waals surface area contributed by atoms with Gasteiger partial charge in [0, 0.05) is 30.2 Å². The molecule has 0 fully saturated rings. The highest BCUT2D eigenvalue weighted by Gasteiger charge is 2.07. The number of aryl methyl sites for hydroxylation is 1. The molecule has 1 aromatic heterocycles. The minimum Gasteiger partial charge on any atom is -0.392 e. The number of hydrogen-bond donors (Lipinski definition) is 4. The maximum absolute atomic E-state index is 12.0. The van der Waals surface area contributed by atoms with Gasteiger partial charge in [-0.3, -0.25) is 0 Å². The molecule has 0 saturated carbocycles. The van der Waals surface area contributed by atoms with E-state index in [-0.39, 0.29) is 12.6 Å². The van der Waals surface area contributed by atoms with Crippen LogP contribution in [0.15, 0.2) is 48.7 Å². The van der Waals surface area contributed by atoms with Gasteiger partial charge in [-0.2, -0.15) is 0 Å². The monoisotopic (exact) mass is 337 g/mol. The molecular formula is C20H23N3O2. The molecule has 5 nitrogen and oxygen atoms in total. The van der Waals surface area contributed by atoms with Crippen LogP contribution in [0.5, 0.6) is 0 Å². The Labute approximate surface area is 147 Å². The second-order valence-corrected chi connectivity index (χ2v) is 6.10. The largest absolute Gasteiger partial charge is 0.392 e. The summed E-state index contributed by atoms with van der Waals surface area (Å²) in [5.41, 5.74) is 5.32. The maximum atomic E-state index is 12.0. The molecule has 3 aromatic rings. The minimum atomic E-state index is -0.204. The summed E-state index contributed by atoms with van der Waals surface area (Å²) in [5.74, 6) is 0. The van der Waals surface area contributed by atoms with Crippen LogP contribution < -0.4 is 10.6 Å². The number of fused-ring (bicyclic) bond motifs is 1. The van der Waals surface area contributed by atoms with Crippen molar-refractivity contribution in [2.24, 2.45) is 0 Å². The number of amides is 2. The summed E-state index contributed by atoms with van der Waals surface area (Å²) >= 11 is 0. The summed E-state index contributed by atoms with van der Waals surface area (Å²) in [7, 11) is 0. The third kappa shape index (κ3) is 4.00. The molecule has 3 rings (SSSR count). The van der Waals surface area contributed by atoms with E-state index in [9.17, 15) is 9.90 Å². The lowest BCUT2D eigenvalue weighted by Crippen LogP contribution is -2.36. The summed E-state index contributed by atoms with van der Waals surface area (Å²) in [4.78, 5) is 15.3. The first kappa shape index (κ1) is 17.0. The van der Waals surface area contributed by atoms with Gasteiger partial charge < -0.3 is 20.7 Å². The van der Waals surface area contributed by atoms with Crippen molar-refractivity contribution in [1.29, 1.82) is 0 Å². The first-order valence-electron chi connectivity index (χ1n) is 8.44. The average molecular weight is 337 g/mol. The summed E-state index contributed by atoms with van der Waals surface area (Å²) in [5, 5.41) is 16.3. The lowest BCUT2D eigenvalue weighted by atomic mass is 10.1. The number of nitrogens with one attached hydrogen (secondary N) is 3. The van der Waals surface area contributed by atoms with Crippen LogP contribution in [0.1, 0.15) is 22.3 Å². The topological polar surface area (TPSA) is 77.2 Å². The Bertz CT molecular complexity index is 870. The zero-order valence-electron chi connectivity index (χ0n) is 14.3. The van der Waals surface area contributed by atoms with Gasteiger partial charge in [-0.1, -0.05) is 36.4 Å². The SMILES string of the molecule is Cc1cccc2[nH]cc(CCNC(=O)NCc3ccccc3CO)c12. The van der Waals surface area contributed by atoms with E-state index in [4.69, 9.17) is 0 Å². The molecule has 0 saturated heterocycles. The number of aromatic amines is 1. The molecule has 0 aliphatic rings. The molecule has 5 heteroatoms. The first-order chi connectivity index (χ1) is 12.2. The smallest absolute Gasteiger partial charge is 0.315 e. The Morgan fingerprint density at radius 2 is 1.84 bits per heavy atom. The van der Waals surface area contributed by atoms with Gasteiger partial charge in [0.15, 0.2) is 0 Å². The highest BCUT2D eigenvalue weighted by Crippen LogP contribution is 2.22. The van der Waals surface area contributed by atoms with Crippen LogP contribution in [0.2, 0.25) is 0 Å². The Morgan fingerprint density at radius 1 is 1.04 bits per heavy atom. The Morgan fingerprint density at radius 3 is 2.64 bits per heavy atom. The van der Waals surface area contributed by atoms with Crippen molar-refractivity contribution in [3.63, 3.8) is 0 Å². The normalized spacial score (nSPS) is 10.8. The summed E-state index contributed by atoms with van der Waals surface area (Å²) in [6.45, 7) is 3.03. The summed E-state index contributed by atoms with van der Waals surface area (Å²) in [6.07, 6.45) is 2.78. The van der Waals surface area contributed by atoms with Crippen molar-refractivity contribution >= 4 is 16.9 Å². The predicted molar refractivity (Wildman–Crippen MR) is 99.3 cm³/mol. The number of carbonyl (C=O) groups excluding carboxylic acids is 1. The molecule has 1 heterocycles. The standard InChI is InChI=1S/C20H23N3O2/c1-14-5-4-8-18-19(14)16(12-22-18)9-10-21-20(25)23-11-15-6-2-3-7-17(15)13-24/h2-8,12,22,24H,9-11,13H2,1H3,(H2,21,23,25). The minimum absolute atomic E-state index is 0.0284. The molecule has 0 spiro atoms. The van der Waals surface area contributed by atoms with E-state index in [1.54, 1.807) is 0 Å². The number of benzene rings is 2. The van der Waals surface area contributed by atoms with Crippen LogP contribution in [-0.4, -0.2) is 22.7 Å². The van der Waals surface area contributed by atoms with Crippen LogP contribution in [0.25, 0.3) is 10.9 Å². The fourth-order valence-electron chi connectivity index (χ4n) is 3.08. The van der Waals surface area contributed by atoms with Gasteiger partial charge in [0.05, 0.1) is 6.61 Å². The van der Waals surface area contributed by atoms with E-state index in [1.807, 2.05) is 36.5 Å². The zero-order valence-corrected chi connectivity index (χ0v) is 14.3. The molecule has 0 bridgehead atoms. The van der Waals surface area contributed by atoms with Gasteiger partial charge in [0.2, 0.25) is 0 Å². The number of hydrogen-bond acceptors (Lipinski definition) is 2. The Balaban J connectivity index is 1.51. The van der Waals surface area contributed by atoms with Crippen molar-refractivity contribution in [1.82, 2.24) is 15.6 Å². The maximum Gasteiger partial charge on any atom is 0.315 e. The number of aliphatic hydroxyl groups excluding tert-OH is 1. The molecule has 130 valence electrons. The molecule has 0 unspecified atom stereocenters. The fraction of sp³-hybridized carbons (Fsp3) is 0.250. The molecule has 25 heavy (non-hydrogen) atoms. The molecular weight excluding hydrogens is 314 g/mol. The number of carbonyl (C=O) groups is 1. The van der Waals surface area contributed by atoms with Crippen molar-refractivity contribution in [2.45, 2.75) is 26.5 Å². The van der Waals surface area contributed by atoms with Gasteiger partial charge in [-0.25, -0.2) is 4.79 Å². The number of urea groups is 1. The zero-order chi connectivity index (χ0) is 17.6. The quantitative estimate of drug-likeness (QED) is 0.558. The number of rotatable bonds is 6. The van der Waals surface area contributed by atoms with E-state index >= 15 is 0 Å². The number of aromatic nitrogens is 1. The van der Waals surface area contributed by atoms with Crippen LogP contribution in [0.4, 0.5) is 4.79 Å². The van der Waals surface area contributed by atoms with Gasteiger partial charge >= 0.3 is 6.03 Å². The third-order valence-corrected chi connectivity index (χ3v) is 4.40.